The molecule has 0 saturated carbocycles. The van der Waals surface area contributed by atoms with Crippen molar-refractivity contribution in [3.05, 3.63) is 77.6 Å². The molecule has 0 aromatic heterocycles. The highest BCUT2D eigenvalue weighted by atomic mass is 32.2. The van der Waals surface area contributed by atoms with Crippen molar-refractivity contribution >= 4 is 10.0 Å². The fraction of sp³-hybridized carbons (Fsp3) is 0.100. The second-order valence-electron chi connectivity index (χ2n) is 6.47. The highest BCUT2D eigenvalue weighted by Gasteiger charge is 2.42. The summed E-state index contributed by atoms with van der Waals surface area (Å²) in [4.78, 5) is -0.511. The number of hydrogen-bond acceptors (Lipinski definition) is 2. The van der Waals surface area contributed by atoms with Crippen molar-refractivity contribution in [1.82, 2.24) is 0 Å². The van der Waals surface area contributed by atoms with E-state index in [4.69, 9.17) is 5.14 Å². The summed E-state index contributed by atoms with van der Waals surface area (Å²) in [6, 6.07) is 11.1. The molecule has 0 saturated heterocycles. The van der Waals surface area contributed by atoms with Crippen molar-refractivity contribution in [2.75, 3.05) is 0 Å². The summed E-state index contributed by atoms with van der Waals surface area (Å²) >= 11 is 0. The van der Waals surface area contributed by atoms with Gasteiger partial charge in [0.1, 0.15) is 5.82 Å². The Bertz CT molecular complexity index is 1200. The first kappa shape index (κ1) is 22.8. The van der Waals surface area contributed by atoms with Gasteiger partial charge >= 0.3 is 12.4 Å². The number of nitrogens with two attached hydrogens (primary N) is 1. The van der Waals surface area contributed by atoms with Crippen LogP contribution in [0.1, 0.15) is 11.1 Å². The van der Waals surface area contributed by atoms with Crippen LogP contribution in [0.4, 0.5) is 30.7 Å². The van der Waals surface area contributed by atoms with E-state index in [1.54, 1.807) is 6.07 Å². The predicted molar refractivity (Wildman–Crippen MR) is 98.6 cm³/mol. The Labute approximate surface area is 172 Å². The van der Waals surface area contributed by atoms with Gasteiger partial charge in [0.2, 0.25) is 10.0 Å². The maximum Gasteiger partial charge on any atom is 0.419 e. The predicted octanol–water partition coefficient (Wildman–Crippen LogP) is 5.84. The van der Waals surface area contributed by atoms with Gasteiger partial charge in [0.05, 0.1) is 16.0 Å². The smallest absolute Gasteiger partial charge is 0.225 e. The molecule has 0 fully saturated rings. The molecule has 0 spiro atoms. The third kappa shape index (κ3) is 4.57. The van der Waals surface area contributed by atoms with Gasteiger partial charge in [-0.15, -0.1) is 0 Å². The molecule has 164 valence electrons. The van der Waals surface area contributed by atoms with Crippen molar-refractivity contribution in [2.45, 2.75) is 17.2 Å². The minimum atomic E-state index is -5.43. The number of hydrogen-bond donors (Lipinski definition) is 1. The lowest BCUT2D eigenvalue weighted by molar-refractivity contribution is -0.147. The van der Waals surface area contributed by atoms with Crippen molar-refractivity contribution in [3.63, 3.8) is 0 Å². The molecule has 0 bridgehead atoms. The zero-order valence-corrected chi connectivity index (χ0v) is 16.0. The first-order valence-corrected chi connectivity index (χ1v) is 9.95. The first-order chi connectivity index (χ1) is 14.2. The molecule has 11 heteroatoms. The van der Waals surface area contributed by atoms with E-state index in [1.807, 2.05) is 0 Å². The molecule has 0 aliphatic carbocycles. The quantitative estimate of drug-likeness (QED) is 0.496. The summed E-state index contributed by atoms with van der Waals surface area (Å²) in [6.07, 6.45) is -10.9. The summed E-state index contributed by atoms with van der Waals surface area (Å²) in [5.41, 5.74) is -5.26. The van der Waals surface area contributed by atoms with Crippen LogP contribution in [0.15, 0.2) is 65.6 Å². The lowest BCUT2D eigenvalue weighted by atomic mass is 9.92. The maximum atomic E-state index is 14.1. The van der Waals surface area contributed by atoms with Crippen LogP contribution in [-0.4, -0.2) is 8.42 Å². The zero-order valence-electron chi connectivity index (χ0n) is 15.2. The molecule has 3 nitrogen and oxygen atoms in total. The highest BCUT2D eigenvalue weighted by molar-refractivity contribution is 7.89. The van der Waals surface area contributed by atoms with Gasteiger partial charge in [0.25, 0.3) is 0 Å². The van der Waals surface area contributed by atoms with Gasteiger partial charge in [-0.3, -0.25) is 0 Å². The van der Waals surface area contributed by atoms with Gasteiger partial charge in [-0.05, 0) is 34.9 Å². The Hall–Kier alpha value is -2.92. The number of benzene rings is 3. The fourth-order valence-corrected chi connectivity index (χ4v) is 3.88. The number of primary sulfonamides is 1. The van der Waals surface area contributed by atoms with E-state index in [1.165, 1.54) is 24.3 Å². The number of sulfonamides is 1. The second kappa shape index (κ2) is 7.65. The average Bonchev–Trinajstić information content (AvgIpc) is 2.66. The third-order valence-electron chi connectivity index (χ3n) is 4.39. The van der Waals surface area contributed by atoms with Gasteiger partial charge in [-0.1, -0.05) is 42.5 Å². The minimum Gasteiger partial charge on any atom is -0.225 e. The van der Waals surface area contributed by atoms with E-state index in [-0.39, 0.29) is 28.8 Å². The molecular weight excluding hydrogens is 451 g/mol. The Morgan fingerprint density at radius 1 is 0.710 bits per heavy atom. The van der Waals surface area contributed by atoms with Gasteiger partial charge in [0.15, 0.2) is 0 Å². The summed E-state index contributed by atoms with van der Waals surface area (Å²) in [5, 5.41) is 5.22. The normalized spacial score (nSPS) is 12.8. The van der Waals surface area contributed by atoms with Crippen LogP contribution < -0.4 is 5.14 Å². The molecule has 0 aliphatic rings. The van der Waals surface area contributed by atoms with E-state index in [0.717, 1.165) is 18.2 Å². The minimum absolute atomic E-state index is 0.175. The van der Waals surface area contributed by atoms with E-state index in [2.05, 4.69) is 0 Å². The molecule has 3 aromatic rings. The van der Waals surface area contributed by atoms with Crippen LogP contribution in [0, 0.1) is 5.82 Å². The van der Waals surface area contributed by atoms with Crippen LogP contribution >= 0.6 is 0 Å². The Balaban J connectivity index is 2.47. The van der Waals surface area contributed by atoms with Crippen LogP contribution in [-0.2, 0) is 22.4 Å². The zero-order chi connectivity index (χ0) is 23.2. The molecule has 0 radical (unpaired) electrons. The van der Waals surface area contributed by atoms with Crippen LogP contribution in [0.2, 0.25) is 0 Å². The monoisotopic (exact) mass is 463 g/mol. The van der Waals surface area contributed by atoms with Crippen molar-refractivity contribution in [1.29, 1.82) is 0 Å². The molecular formula is C20H12F7NO2S. The van der Waals surface area contributed by atoms with Gasteiger partial charge in [-0.25, -0.2) is 17.9 Å². The van der Waals surface area contributed by atoms with Crippen LogP contribution in [0.25, 0.3) is 22.3 Å². The number of halogens is 7. The lowest BCUT2D eigenvalue weighted by Crippen LogP contribution is -2.16. The molecule has 3 aromatic carbocycles. The Morgan fingerprint density at radius 2 is 1.23 bits per heavy atom. The van der Waals surface area contributed by atoms with E-state index < -0.39 is 49.8 Å². The molecule has 0 unspecified atom stereocenters. The van der Waals surface area contributed by atoms with Gasteiger partial charge < -0.3 is 0 Å². The fourth-order valence-electron chi connectivity index (χ4n) is 3.10. The van der Waals surface area contributed by atoms with E-state index in [0.29, 0.717) is 0 Å². The topological polar surface area (TPSA) is 60.2 Å². The Kier molecular flexibility index (Phi) is 5.61. The average molecular weight is 463 g/mol. The van der Waals surface area contributed by atoms with Crippen LogP contribution in [0.3, 0.4) is 0 Å². The molecule has 3 rings (SSSR count). The highest BCUT2D eigenvalue weighted by Crippen LogP contribution is 2.44. The van der Waals surface area contributed by atoms with E-state index in [9.17, 15) is 39.2 Å². The molecule has 0 heterocycles. The molecule has 0 atom stereocenters. The van der Waals surface area contributed by atoms with Crippen molar-refractivity contribution in [2.24, 2.45) is 5.14 Å². The largest absolute Gasteiger partial charge is 0.419 e. The van der Waals surface area contributed by atoms with Gasteiger partial charge in [-0.2, -0.15) is 26.3 Å². The molecule has 0 aliphatic heterocycles. The summed E-state index contributed by atoms with van der Waals surface area (Å²) in [7, 11) is -4.42. The standard InChI is InChI=1S/C20H12F7NO2S/c21-18-14(19(22,23)24)9-12(10-15(18)20(25,26)27)13-7-4-8-16(31(28,29)30)17(13)11-5-2-1-3-6-11/h1-10H,(H2,28,29,30). The van der Waals surface area contributed by atoms with E-state index >= 15 is 0 Å². The molecule has 0 amide bonds. The van der Waals surface area contributed by atoms with Crippen molar-refractivity contribution < 1.29 is 39.2 Å². The summed E-state index contributed by atoms with van der Waals surface area (Å²) < 4.78 is 118. The number of alkyl halides is 6. The number of rotatable bonds is 3. The lowest BCUT2D eigenvalue weighted by Gasteiger charge is -2.19. The SMILES string of the molecule is NS(=O)(=O)c1cccc(-c2cc(C(F)(F)F)c(F)c(C(F)(F)F)c2)c1-c1ccccc1. The first-order valence-electron chi connectivity index (χ1n) is 8.41. The molecule has 2 N–H and O–H groups in total. The summed E-state index contributed by atoms with van der Waals surface area (Å²) in [5.74, 6) is -2.47. The maximum absolute atomic E-state index is 14.1. The third-order valence-corrected chi connectivity index (χ3v) is 5.34. The summed E-state index contributed by atoms with van der Waals surface area (Å²) in [6.45, 7) is 0. The van der Waals surface area contributed by atoms with Crippen LogP contribution in [0.5, 0.6) is 0 Å². The molecule has 31 heavy (non-hydrogen) atoms. The Morgan fingerprint density at radius 3 is 1.68 bits per heavy atom. The van der Waals surface area contributed by atoms with Gasteiger partial charge in [0, 0.05) is 5.56 Å². The van der Waals surface area contributed by atoms with Crippen molar-refractivity contribution in [3.8, 4) is 22.3 Å². The second-order valence-corrected chi connectivity index (χ2v) is 8.00.